The first kappa shape index (κ1) is 13.9. The van der Waals surface area contributed by atoms with E-state index in [-0.39, 0.29) is 11.5 Å². The summed E-state index contributed by atoms with van der Waals surface area (Å²) in [5, 5.41) is 10.0. The summed E-state index contributed by atoms with van der Waals surface area (Å²) in [7, 11) is 0. The minimum absolute atomic E-state index is 0.0760. The van der Waals surface area contributed by atoms with Gasteiger partial charge in [0.15, 0.2) is 0 Å². The van der Waals surface area contributed by atoms with Crippen LogP contribution in [-0.4, -0.2) is 27.3 Å². The van der Waals surface area contributed by atoms with E-state index in [1.54, 1.807) is 12.4 Å². The molecule has 0 saturated heterocycles. The van der Waals surface area contributed by atoms with Crippen molar-refractivity contribution in [3.63, 3.8) is 0 Å². The molecule has 0 fully saturated rings. The lowest BCUT2D eigenvalue weighted by atomic mass is 9.86. The fourth-order valence-electron chi connectivity index (χ4n) is 1.29. The van der Waals surface area contributed by atoms with Gasteiger partial charge in [0.05, 0.1) is 24.1 Å². The minimum atomic E-state index is -0.439. The van der Waals surface area contributed by atoms with Crippen molar-refractivity contribution in [2.24, 2.45) is 5.41 Å². The van der Waals surface area contributed by atoms with Crippen LogP contribution in [-0.2, 0) is 6.42 Å². The smallest absolute Gasteiger partial charge is 0.232 e. The van der Waals surface area contributed by atoms with Crippen molar-refractivity contribution in [3.05, 3.63) is 18.1 Å². The van der Waals surface area contributed by atoms with E-state index < -0.39 is 6.10 Å². The topological polar surface area (TPSA) is 55.2 Å². The van der Waals surface area contributed by atoms with E-state index in [9.17, 15) is 5.11 Å². The molecule has 1 heterocycles. The SMILES string of the molecule is CC(C)Oc1cncc(CC(O)C(C)(C)C)n1. The number of aliphatic hydroxyl groups is 1. The van der Waals surface area contributed by atoms with Crippen LogP contribution in [0.3, 0.4) is 0 Å². The maximum Gasteiger partial charge on any atom is 0.232 e. The van der Waals surface area contributed by atoms with E-state index in [1.807, 2.05) is 34.6 Å². The quantitative estimate of drug-likeness (QED) is 0.873. The molecular weight excluding hydrogens is 216 g/mol. The number of ether oxygens (including phenoxy) is 1. The van der Waals surface area contributed by atoms with Crippen molar-refractivity contribution in [1.29, 1.82) is 0 Å². The second kappa shape index (κ2) is 5.45. The number of aliphatic hydroxyl groups excluding tert-OH is 1. The van der Waals surface area contributed by atoms with Gasteiger partial charge in [-0.3, -0.25) is 4.98 Å². The normalized spacial score (nSPS) is 13.8. The van der Waals surface area contributed by atoms with Gasteiger partial charge in [-0.05, 0) is 19.3 Å². The molecule has 0 aliphatic carbocycles. The molecule has 1 atom stereocenters. The molecule has 17 heavy (non-hydrogen) atoms. The van der Waals surface area contributed by atoms with Crippen LogP contribution in [0, 0.1) is 5.41 Å². The number of hydrogen-bond donors (Lipinski definition) is 1. The van der Waals surface area contributed by atoms with Crippen molar-refractivity contribution in [2.75, 3.05) is 0 Å². The predicted molar refractivity (Wildman–Crippen MR) is 67.0 cm³/mol. The molecule has 0 aliphatic heterocycles. The van der Waals surface area contributed by atoms with Crippen LogP contribution in [0.2, 0.25) is 0 Å². The molecule has 0 radical (unpaired) electrons. The number of rotatable bonds is 4. The van der Waals surface area contributed by atoms with Crippen molar-refractivity contribution in [2.45, 2.75) is 53.2 Å². The molecule has 1 rings (SSSR count). The van der Waals surface area contributed by atoms with E-state index in [0.29, 0.717) is 12.3 Å². The van der Waals surface area contributed by atoms with Gasteiger partial charge in [0.1, 0.15) is 0 Å². The van der Waals surface area contributed by atoms with Crippen molar-refractivity contribution in [1.82, 2.24) is 9.97 Å². The highest BCUT2D eigenvalue weighted by Crippen LogP contribution is 2.22. The van der Waals surface area contributed by atoms with Gasteiger partial charge >= 0.3 is 0 Å². The Morgan fingerprint density at radius 2 is 1.94 bits per heavy atom. The zero-order valence-electron chi connectivity index (χ0n) is 11.3. The molecule has 0 spiro atoms. The summed E-state index contributed by atoms with van der Waals surface area (Å²) in [4.78, 5) is 8.40. The van der Waals surface area contributed by atoms with Crippen LogP contribution < -0.4 is 4.74 Å². The minimum Gasteiger partial charge on any atom is -0.474 e. The summed E-state index contributed by atoms with van der Waals surface area (Å²) in [5.74, 6) is 0.513. The summed E-state index contributed by atoms with van der Waals surface area (Å²) in [5.41, 5.74) is 0.599. The van der Waals surface area contributed by atoms with E-state index in [2.05, 4.69) is 9.97 Å². The molecule has 4 heteroatoms. The van der Waals surface area contributed by atoms with Gasteiger partial charge in [-0.1, -0.05) is 20.8 Å². The first-order valence-electron chi connectivity index (χ1n) is 5.94. The molecule has 0 amide bonds. The molecule has 1 aromatic heterocycles. The van der Waals surface area contributed by atoms with Crippen LogP contribution in [0.1, 0.15) is 40.3 Å². The van der Waals surface area contributed by atoms with Gasteiger partial charge in [-0.2, -0.15) is 0 Å². The third kappa shape index (κ3) is 4.69. The third-order valence-corrected chi connectivity index (χ3v) is 2.42. The first-order valence-corrected chi connectivity index (χ1v) is 5.94. The maximum absolute atomic E-state index is 10.0. The highest BCUT2D eigenvalue weighted by Gasteiger charge is 2.23. The monoisotopic (exact) mass is 238 g/mol. The number of aromatic nitrogens is 2. The molecule has 4 nitrogen and oxygen atoms in total. The third-order valence-electron chi connectivity index (χ3n) is 2.42. The summed E-state index contributed by atoms with van der Waals surface area (Å²) in [6, 6.07) is 0. The van der Waals surface area contributed by atoms with E-state index in [1.165, 1.54) is 0 Å². The van der Waals surface area contributed by atoms with Crippen molar-refractivity contribution >= 4 is 0 Å². The molecule has 96 valence electrons. The Hall–Kier alpha value is -1.16. The Morgan fingerprint density at radius 1 is 1.29 bits per heavy atom. The second-order valence-corrected chi connectivity index (χ2v) is 5.60. The zero-order chi connectivity index (χ0) is 13.1. The van der Waals surface area contributed by atoms with Gasteiger partial charge in [-0.15, -0.1) is 0 Å². The Bertz CT molecular complexity index is 359. The molecule has 0 bridgehead atoms. The van der Waals surface area contributed by atoms with Gasteiger partial charge in [-0.25, -0.2) is 4.98 Å². The Labute approximate surface area is 103 Å². The molecule has 1 aromatic rings. The molecule has 0 aliphatic rings. The van der Waals surface area contributed by atoms with Gasteiger partial charge in [0, 0.05) is 12.6 Å². The van der Waals surface area contributed by atoms with Crippen LogP contribution in [0.15, 0.2) is 12.4 Å². The van der Waals surface area contributed by atoms with Gasteiger partial charge < -0.3 is 9.84 Å². The average molecular weight is 238 g/mol. The highest BCUT2D eigenvalue weighted by atomic mass is 16.5. The van der Waals surface area contributed by atoms with Crippen molar-refractivity contribution in [3.8, 4) is 5.88 Å². The van der Waals surface area contributed by atoms with Crippen LogP contribution >= 0.6 is 0 Å². The van der Waals surface area contributed by atoms with Gasteiger partial charge in [0.25, 0.3) is 0 Å². The Kier molecular flexibility index (Phi) is 4.46. The largest absolute Gasteiger partial charge is 0.474 e. The van der Waals surface area contributed by atoms with Crippen LogP contribution in [0.25, 0.3) is 0 Å². The van der Waals surface area contributed by atoms with E-state index in [4.69, 9.17) is 4.74 Å². The molecule has 0 aromatic carbocycles. The van der Waals surface area contributed by atoms with Crippen molar-refractivity contribution < 1.29 is 9.84 Å². The maximum atomic E-state index is 10.0. The highest BCUT2D eigenvalue weighted by molar-refractivity contribution is 5.09. The summed E-state index contributed by atoms with van der Waals surface area (Å²) in [6.45, 7) is 9.88. The summed E-state index contributed by atoms with van der Waals surface area (Å²) < 4.78 is 5.47. The molecule has 1 N–H and O–H groups in total. The zero-order valence-corrected chi connectivity index (χ0v) is 11.3. The fraction of sp³-hybridized carbons (Fsp3) is 0.692. The Balaban J connectivity index is 2.72. The molecule has 1 unspecified atom stereocenters. The Morgan fingerprint density at radius 3 is 2.47 bits per heavy atom. The lowest BCUT2D eigenvalue weighted by Crippen LogP contribution is -2.28. The number of hydrogen-bond acceptors (Lipinski definition) is 4. The second-order valence-electron chi connectivity index (χ2n) is 5.60. The predicted octanol–water partition coefficient (Wildman–Crippen LogP) is 2.21. The van der Waals surface area contributed by atoms with Crippen LogP contribution in [0.4, 0.5) is 0 Å². The molecular formula is C13H22N2O2. The average Bonchev–Trinajstić information content (AvgIpc) is 2.15. The molecule has 0 saturated carbocycles. The lowest BCUT2D eigenvalue weighted by molar-refractivity contribution is 0.0625. The van der Waals surface area contributed by atoms with Crippen LogP contribution in [0.5, 0.6) is 5.88 Å². The standard InChI is InChI=1S/C13H22N2O2/c1-9(2)17-12-8-14-7-10(15-12)6-11(16)13(3,4)5/h7-9,11,16H,6H2,1-5H3. The lowest BCUT2D eigenvalue weighted by Gasteiger charge is -2.25. The summed E-state index contributed by atoms with van der Waals surface area (Å²) >= 11 is 0. The van der Waals surface area contributed by atoms with E-state index in [0.717, 1.165) is 5.69 Å². The number of nitrogens with zero attached hydrogens (tertiary/aromatic N) is 2. The fourth-order valence-corrected chi connectivity index (χ4v) is 1.29. The summed E-state index contributed by atoms with van der Waals surface area (Å²) in [6.07, 6.45) is 3.39. The van der Waals surface area contributed by atoms with E-state index >= 15 is 0 Å². The van der Waals surface area contributed by atoms with Gasteiger partial charge in [0.2, 0.25) is 5.88 Å². The first-order chi connectivity index (χ1) is 7.79.